The molecule has 2 nitrogen and oxygen atoms in total. The number of ketones is 1. The molecule has 20 heavy (non-hydrogen) atoms. The largest absolute Gasteiger partial charge is 0.392 e. The molecule has 2 bridgehead atoms. The Morgan fingerprint density at radius 2 is 2.00 bits per heavy atom. The maximum Gasteiger partial charge on any atom is 0.133 e. The molecule has 3 rings (SSSR count). The zero-order valence-electron chi connectivity index (χ0n) is 11.6. The standard InChI is InChI=1S/C17H19IO2/c1-10(19)6-15-14(12-2-4-13(18)5-3-12)7-11-8-16(15)17(20)9-11/h2-5,11,16-17,20H,6-9H2,1H3. The van der Waals surface area contributed by atoms with Gasteiger partial charge in [0.15, 0.2) is 0 Å². The average Bonchev–Trinajstić information content (AvgIpc) is 2.70. The topological polar surface area (TPSA) is 37.3 Å². The van der Waals surface area contributed by atoms with Crippen LogP contribution in [-0.2, 0) is 4.79 Å². The summed E-state index contributed by atoms with van der Waals surface area (Å²) >= 11 is 2.31. The SMILES string of the molecule is CC(=O)CC1=C(c2ccc(I)cc2)CC2CC(O)C1C2. The highest BCUT2D eigenvalue weighted by molar-refractivity contribution is 14.1. The number of fused-ring (bicyclic) bond motifs is 2. The van der Waals surface area contributed by atoms with Crippen molar-refractivity contribution in [3.63, 3.8) is 0 Å². The highest BCUT2D eigenvalue weighted by Gasteiger charge is 2.40. The van der Waals surface area contributed by atoms with Crippen molar-refractivity contribution in [2.75, 3.05) is 0 Å². The number of carbonyl (C=O) groups is 1. The number of aliphatic hydroxyl groups excluding tert-OH is 1. The van der Waals surface area contributed by atoms with E-state index in [4.69, 9.17) is 0 Å². The summed E-state index contributed by atoms with van der Waals surface area (Å²) in [6, 6.07) is 8.52. The van der Waals surface area contributed by atoms with Crippen molar-refractivity contribution in [3.8, 4) is 0 Å². The molecule has 0 spiro atoms. The number of carbonyl (C=O) groups excluding carboxylic acids is 1. The molecule has 1 aromatic rings. The third-order valence-corrected chi connectivity index (χ3v) is 5.31. The summed E-state index contributed by atoms with van der Waals surface area (Å²) in [6.07, 6.45) is 3.19. The molecule has 106 valence electrons. The predicted octanol–water partition coefficient (Wildman–Crippen LogP) is 3.81. The van der Waals surface area contributed by atoms with Gasteiger partial charge in [0.25, 0.3) is 0 Å². The molecule has 2 aliphatic carbocycles. The lowest BCUT2D eigenvalue weighted by Crippen LogP contribution is -2.19. The molecule has 3 heteroatoms. The van der Waals surface area contributed by atoms with Gasteiger partial charge in [-0.05, 0) is 78.0 Å². The van der Waals surface area contributed by atoms with Crippen LogP contribution < -0.4 is 0 Å². The Bertz CT molecular complexity index is 559. The van der Waals surface area contributed by atoms with Crippen molar-refractivity contribution in [2.24, 2.45) is 11.8 Å². The van der Waals surface area contributed by atoms with Gasteiger partial charge in [0.2, 0.25) is 0 Å². The number of hydrogen-bond donors (Lipinski definition) is 1. The first kappa shape index (κ1) is 14.3. The summed E-state index contributed by atoms with van der Waals surface area (Å²) in [5, 5.41) is 10.2. The fourth-order valence-electron chi connectivity index (χ4n) is 3.76. The maximum absolute atomic E-state index is 11.6. The summed E-state index contributed by atoms with van der Waals surface area (Å²) in [6.45, 7) is 1.64. The van der Waals surface area contributed by atoms with Gasteiger partial charge in [-0.25, -0.2) is 0 Å². The molecule has 0 saturated heterocycles. The number of halogens is 1. The van der Waals surface area contributed by atoms with Crippen LogP contribution in [0.4, 0.5) is 0 Å². The van der Waals surface area contributed by atoms with E-state index in [2.05, 4.69) is 46.9 Å². The zero-order valence-corrected chi connectivity index (χ0v) is 13.8. The fourth-order valence-corrected chi connectivity index (χ4v) is 4.12. The molecule has 3 unspecified atom stereocenters. The van der Waals surface area contributed by atoms with E-state index in [1.54, 1.807) is 6.92 Å². The van der Waals surface area contributed by atoms with Gasteiger partial charge in [-0.3, -0.25) is 4.79 Å². The molecule has 0 amide bonds. The lowest BCUT2D eigenvalue weighted by Gasteiger charge is -2.27. The lowest BCUT2D eigenvalue weighted by atomic mass is 9.78. The molecule has 2 aliphatic rings. The van der Waals surface area contributed by atoms with E-state index >= 15 is 0 Å². The normalized spacial score (nSPS) is 28.9. The van der Waals surface area contributed by atoms with Crippen LogP contribution in [0.3, 0.4) is 0 Å². The predicted molar refractivity (Wildman–Crippen MR) is 88.2 cm³/mol. The molecule has 1 aromatic carbocycles. The number of benzene rings is 1. The van der Waals surface area contributed by atoms with E-state index in [1.807, 2.05) is 0 Å². The Hall–Kier alpha value is -0.680. The zero-order chi connectivity index (χ0) is 14.3. The van der Waals surface area contributed by atoms with Crippen LogP contribution in [0.25, 0.3) is 5.57 Å². The Balaban J connectivity index is 2.04. The van der Waals surface area contributed by atoms with Crippen LogP contribution >= 0.6 is 22.6 Å². The van der Waals surface area contributed by atoms with E-state index in [9.17, 15) is 9.90 Å². The van der Waals surface area contributed by atoms with E-state index in [-0.39, 0.29) is 17.8 Å². The van der Waals surface area contributed by atoms with Gasteiger partial charge >= 0.3 is 0 Å². The minimum atomic E-state index is -0.254. The van der Waals surface area contributed by atoms with E-state index in [1.165, 1.54) is 20.3 Å². The van der Waals surface area contributed by atoms with Gasteiger partial charge in [0.1, 0.15) is 5.78 Å². The van der Waals surface area contributed by atoms with Gasteiger partial charge in [-0.2, -0.15) is 0 Å². The van der Waals surface area contributed by atoms with Gasteiger partial charge in [0, 0.05) is 15.9 Å². The van der Waals surface area contributed by atoms with Crippen molar-refractivity contribution in [1.29, 1.82) is 0 Å². The van der Waals surface area contributed by atoms with Crippen LogP contribution in [0, 0.1) is 15.4 Å². The third-order valence-electron chi connectivity index (χ3n) is 4.59. The van der Waals surface area contributed by atoms with E-state index in [0.717, 1.165) is 19.3 Å². The quantitative estimate of drug-likeness (QED) is 0.808. The number of hydrogen-bond acceptors (Lipinski definition) is 2. The number of allylic oxidation sites excluding steroid dienone is 1. The molecule has 0 radical (unpaired) electrons. The first-order chi connectivity index (χ1) is 9.54. The number of rotatable bonds is 3. The molecule has 3 atom stereocenters. The summed E-state index contributed by atoms with van der Waals surface area (Å²) in [5.74, 6) is 0.979. The van der Waals surface area contributed by atoms with Crippen molar-refractivity contribution < 1.29 is 9.90 Å². The van der Waals surface area contributed by atoms with Gasteiger partial charge < -0.3 is 5.11 Å². The lowest BCUT2D eigenvalue weighted by molar-refractivity contribution is -0.116. The Morgan fingerprint density at radius 1 is 1.30 bits per heavy atom. The second-order valence-electron chi connectivity index (χ2n) is 6.10. The summed E-state index contributed by atoms with van der Waals surface area (Å²) in [5.41, 5.74) is 3.74. The van der Waals surface area contributed by atoms with Crippen LogP contribution in [0.1, 0.15) is 38.2 Å². The molecular formula is C17H19IO2. The van der Waals surface area contributed by atoms with E-state index in [0.29, 0.717) is 12.3 Å². The molecule has 0 heterocycles. The second kappa shape index (κ2) is 5.60. The molecule has 0 aromatic heterocycles. The maximum atomic E-state index is 11.6. The van der Waals surface area contributed by atoms with Crippen molar-refractivity contribution in [3.05, 3.63) is 39.0 Å². The van der Waals surface area contributed by atoms with Gasteiger partial charge in [0.05, 0.1) is 6.10 Å². The molecule has 1 saturated carbocycles. The molecule has 1 N–H and O–H groups in total. The summed E-state index contributed by atoms with van der Waals surface area (Å²) < 4.78 is 1.22. The third kappa shape index (κ3) is 2.70. The Morgan fingerprint density at radius 3 is 2.65 bits per heavy atom. The first-order valence-electron chi connectivity index (χ1n) is 7.20. The Kier molecular flexibility index (Phi) is 4.00. The van der Waals surface area contributed by atoms with Crippen molar-refractivity contribution in [1.82, 2.24) is 0 Å². The molecule has 0 aliphatic heterocycles. The van der Waals surface area contributed by atoms with Gasteiger partial charge in [-0.1, -0.05) is 17.7 Å². The second-order valence-corrected chi connectivity index (χ2v) is 7.35. The van der Waals surface area contributed by atoms with Gasteiger partial charge in [-0.15, -0.1) is 0 Å². The monoisotopic (exact) mass is 382 g/mol. The summed E-state index contributed by atoms with van der Waals surface area (Å²) in [7, 11) is 0. The van der Waals surface area contributed by atoms with Crippen LogP contribution in [0.15, 0.2) is 29.8 Å². The smallest absolute Gasteiger partial charge is 0.133 e. The fraction of sp³-hybridized carbons (Fsp3) is 0.471. The summed E-state index contributed by atoms with van der Waals surface area (Å²) in [4.78, 5) is 11.6. The van der Waals surface area contributed by atoms with Crippen molar-refractivity contribution >= 4 is 33.9 Å². The number of aliphatic hydroxyl groups is 1. The first-order valence-corrected chi connectivity index (χ1v) is 8.28. The minimum Gasteiger partial charge on any atom is -0.392 e. The van der Waals surface area contributed by atoms with Crippen molar-refractivity contribution in [2.45, 2.75) is 38.7 Å². The van der Waals surface area contributed by atoms with Crippen LogP contribution in [0.2, 0.25) is 0 Å². The van der Waals surface area contributed by atoms with Crippen LogP contribution in [-0.4, -0.2) is 17.0 Å². The minimum absolute atomic E-state index is 0.195. The number of Topliss-reactive ketones (excluding diaryl/α,β-unsaturated/α-hetero) is 1. The highest BCUT2D eigenvalue weighted by atomic mass is 127. The molecular weight excluding hydrogens is 363 g/mol. The Labute approximate surface area is 133 Å². The highest BCUT2D eigenvalue weighted by Crippen LogP contribution is 2.49. The van der Waals surface area contributed by atoms with E-state index < -0.39 is 0 Å². The average molecular weight is 382 g/mol. The van der Waals surface area contributed by atoms with Crippen LogP contribution in [0.5, 0.6) is 0 Å². The molecule has 1 fully saturated rings.